The van der Waals surface area contributed by atoms with Crippen LogP contribution in [0.4, 0.5) is 0 Å². The van der Waals surface area contributed by atoms with Crippen LogP contribution in [-0.4, -0.2) is 11.1 Å². The van der Waals surface area contributed by atoms with E-state index in [1.165, 1.54) is 5.39 Å². The van der Waals surface area contributed by atoms with Gasteiger partial charge in [0.25, 0.3) is 0 Å². The third-order valence-corrected chi connectivity index (χ3v) is 5.16. The van der Waals surface area contributed by atoms with Crippen molar-refractivity contribution in [3.05, 3.63) is 84.6 Å². The van der Waals surface area contributed by atoms with Gasteiger partial charge in [0, 0.05) is 22.0 Å². The zero-order chi connectivity index (χ0) is 16.6. The highest BCUT2D eigenvalue weighted by Gasteiger charge is 2.43. The van der Waals surface area contributed by atoms with Crippen LogP contribution in [0.15, 0.2) is 78.9 Å². The number of ether oxygens (including phenoxy) is 1. The molecule has 0 bridgehead atoms. The van der Waals surface area contributed by atoms with Gasteiger partial charge < -0.3 is 9.72 Å². The van der Waals surface area contributed by atoms with Crippen LogP contribution in [0.5, 0.6) is 0 Å². The van der Waals surface area contributed by atoms with E-state index in [0.29, 0.717) is 6.61 Å². The summed E-state index contributed by atoms with van der Waals surface area (Å²) < 4.78 is 6.50. The average molecular weight is 317 g/mol. The van der Waals surface area contributed by atoms with Crippen LogP contribution in [0.2, 0.25) is 0 Å². The molecule has 0 atom stereocenters. The van der Waals surface area contributed by atoms with Gasteiger partial charge in [0.05, 0.1) is 12.7 Å². The van der Waals surface area contributed by atoms with E-state index in [4.69, 9.17) is 4.74 Å². The fourth-order valence-corrected chi connectivity index (χ4v) is 3.93. The number of hydrogen-bond acceptors (Lipinski definition) is 1. The molecule has 1 aromatic heterocycles. The molecule has 2 nitrogen and oxygen atoms in total. The van der Waals surface area contributed by atoms with E-state index < -0.39 is 0 Å². The van der Waals surface area contributed by atoms with Crippen molar-refractivity contribution >= 4 is 10.9 Å². The predicted octanol–water partition coefficient (Wildman–Crippen LogP) is 5.32. The number of nitrogens with one attached hydrogen (secondary N) is 1. The second-order valence-electron chi connectivity index (χ2n) is 7.24. The van der Waals surface area contributed by atoms with Crippen molar-refractivity contribution in [1.82, 2.24) is 4.98 Å². The highest BCUT2D eigenvalue weighted by molar-refractivity contribution is 5.80. The summed E-state index contributed by atoms with van der Waals surface area (Å²) in [6, 6.07) is 10.5. The molecule has 122 valence electrons. The van der Waals surface area contributed by atoms with E-state index in [-0.39, 0.29) is 16.9 Å². The summed E-state index contributed by atoms with van der Waals surface area (Å²) in [5.74, 6) is 0. The van der Waals surface area contributed by atoms with Crippen molar-refractivity contribution in [3.63, 3.8) is 0 Å². The molecule has 2 heteroatoms. The minimum atomic E-state index is -0.0974. The number of aromatic amines is 1. The maximum absolute atomic E-state index is 6.50. The second-order valence-corrected chi connectivity index (χ2v) is 7.24. The molecular weight excluding hydrogens is 294 g/mol. The Morgan fingerprint density at radius 1 is 0.917 bits per heavy atom. The minimum absolute atomic E-state index is 0.0430. The lowest BCUT2D eigenvalue weighted by Gasteiger charge is -2.40. The van der Waals surface area contributed by atoms with Crippen LogP contribution < -0.4 is 0 Å². The van der Waals surface area contributed by atoms with Crippen molar-refractivity contribution < 1.29 is 4.74 Å². The number of fused-ring (bicyclic) bond motifs is 1. The molecule has 2 aliphatic rings. The van der Waals surface area contributed by atoms with Crippen LogP contribution >= 0.6 is 0 Å². The Bertz CT molecular complexity index is 774. The molecule has 0 saturated carbocycles. The molecule has 2 aromatic rings. The molecular formula is C22H23NO. The average Bonchev–Trinajstić information content (AvgIpc) is 3.28. The first-order valence-corrected chi connectivity index (χ1v) is 8.51. The van der Waals surface area contributed by atoms with Crippen LogP contribution in [0.3, 0.4) is 0 Å². The molecule has 0 radical (unpaired) electrons. The van der Waals surface area contributed by atoms with Crippen LogP contribution in [0, 0.1) is 10.8 Å². The SMILES string of the molecule is CC1(C(OCc2cc3ccccc3[nH]2)C2(C)C=CC=C2)C=CC=C1. The molecule has 0 fully saturated rings. The molecule has 1 aromatic carbocycles. The second kappa shape index (κ2) is 5.64. The zero-order valence-corrected chi connectivity index (χ0v) is 14.2. The van der Waals surface area contributed by atoms with Crippen LogP contribution in [0.25, 0.3) is 10.9 Å². The van der Waals surface area contributed by atoms with Gasteiger partial charge in [-0.2, -0.15) is 0 Å². The topological polar surface area (TPSA) is 25.0 Å². The van der Waals surface area contributed by atoms with Gasteiger partial charge in [-0.3, -0.25) is 0 Å². The van der Waals surface area contributed by atoms with Gasteiger partial charge in [-0.05, 0) is 17.5 Å². The zero-order valence-electron chi connectivity index (χ0n) is 14.2. The van der Waals surface area contributed by atoms with Crippen molar-refractivity contribution in [2.75, 3.05) is 0 Å². The van der Waals surface area contributed by atoms with E-state index in [9.17, 15) is 0 Å². The summed E-state index contributed by atoms with van der Waals surface area (Å²) in [5, 5.41) is 1.23. The van der Waals surface area contributed by atoms with Gasteiger partial charge in [-0.1, -0.05) is 80.7 Å². The monoisotopic (exact) mass is 317 g/mol. The summed E-state index contributed by atoms with van der Waals surface area (Å²) in [6.45, 7) is 5.07. The Balaban J connectivity index is 1.60. The van der Waals surface area contributed by atoms with Gasteiger partial charge in [0.15, 0.2) is 0 Å². The van der Waals surface area contributed by atoms with E-state index in [1.807, 2.05) is 0 Å². The standard InChI is InChI=1S/C22H23NO/c1-21(11-5-6-12-21)20(22(2)13-7-8-14-22)24-16-18-15-17-9-3-4-10-19(17)23-18/h3-15,20,23H,16H2,1-2H3. The first-order chi connectivity index (χ1) is 11.6. The molecule has 2 aliphatic carbocycles. The van der Waals surface area contributed by atoms with Gasteiger partial charge >= 0.3 is 0 Å². The number of benzene rings is 1. The third-order valence-electron chi connectivity index (χ3n) is 5.16. The lowest BCUT2D eigenvalue weighted by molar-refractivity contribution is -0.0505. The van der Waals surface area contributed by atoms with Gasteiger partial charge in [0.2, 0.25) is 0 Å². The number of allylic oxidation sites excluding steroid dienone is 4. The van der Waals surface area contributed by atoms with Crippen molar-refractivity contribution in [3.8, 4) is 0 Å². The van der Waals surface area contributed by atoms with E-state index >= 15 is 0 Å². The lowest BCUT2D eigenvalue weighted by Crippen LogP contribution is -2.42. The van der Waals surface area contributed by atoms with Gasteiger partial charge in [-0.15, -0.1) is 0 Å². The first kappa shape index (κ1) is 15.2. The molecule has 0 unspecified atom stereocenters. The Labute approximate surface area is 143 Å². The molecule has 0 saturated heterocycles. The highest BCUT2D eigenvalue weighted by Crippen LogP contribution is 2.45. The number of hydrogen-bond donors (Lipinski definition) is 1. The summed E-state index contributed by atoms with van der Waals surface area (Å²) >= 11 is 0. The molecule has 0 aliphatic heterocycles. The fourth-order valence-electron chi connectivity index (χ4n) is 3.93. The summed E-state index contributed by atoms with van der Waals surface area (Å²) in [4.78, 5) is 3.46. The van der Waals surface area contributed by atoms with E-state index in [2.05, 4.69) is 97.8 Å². The molecule has 24 heavy (non-hydrogen) atoms. The Morgan fingerprint density at radius 3 is 2.08 bits per heavy atom. The Hall–Kier alpha value is -2.32. The fraction of sp³-hybridized carbons (Fsp3) is 0.273. The van der Waals surface area contributed by atoms with Crippen molar-refractivity contribution in [1.29, 1.82) is 0 Å². The number of aromatic nitrogens is 1. The summed E-state index contributed by atoms with van der Waals surface area (Å²) in [5.41, 5.74) is 2.08. The lowest BCUT2D eigenvalue weighted by atomic mass is 9.71. The number of rotatable bonds is 5. The Morgan fingerprint density at radius 2 is 1.50 bits per heavy atom. The van der Waals surface area contributed by atoms with Crippen LogP contribution in [0.1, 0.15) is 19.5 Å². The third kappa shape index (κ3) is 2.57. The Kier molecular flexibility index (Phi) is 3.58. The number of H-pyrrole nitrogens is 1. The van der Waals surface area contributed by atoms with Gasteiger partial charge in [-0.25, -0.2) is 0 Å². The largest absolute Gasteiger partial charge is 0.370 e. The summed E-state index contributed by atoms with van der Waals surface area (Å²) in [6.07, 6.45) is 17.5. The first-order valence-electron chi connectivity index (χ1n) is 8.51. The minimum Gasteiger partial charge on any atom is -0.370 e. The molecule has 0 amide bonds. The molecule has 0 spiro atoms. The highest BCUT2D eigenvalue weighted by atomic mass is 16.5. The molecule has 1 heterocycles. The quantitative estimate of drug-likeness (QED) is 0.793. The number of para-hydroxylation sites is 1. The van der Waals surface area contributed by atoms with Gasteiger partial charge in [0.1, 0.15) is 0 Å². The van der Waals surface area contributed by atoms with E-state index in [0.717, 1.165) is 11.2 Å². The molecule has 1 N–H and O–H groups in total. The maximum Gasteiger partial charge on any atom is 0.0871 e. The summed E-state index contributed by atoms with van der Waals surface area (Å²) in [7, 11) is 0. The maximum atomic E-state index is 6.50. The normalized spacial score (nSPS) is 20.0. The molecule has 4 rings (SSSR count). The predicted molar refractivity (Wildman–Crippen MR) is 99.6 cm³/mol. The van der Waals surface area contributed by atoms with Crippen molar-refractivity contribution in [2.24, 2.45) is 10.8 Å². The van der Waals surface area contributed by atoms with E-state index in [1.54, 1.807) is 0 Å². The van der Waals surface area contributed by atoms with Crippen molar-refractivity contribution in [2.45, 2.75) is 26.6 Å². The van der Waals surface area contributed by atoms with Crippen LogP contribution in [-0.2, 0) is 11.3 Å². The smallest absolute Gasteiger partial charge is 0.0871 e.